The van der Waals surface area contributed by atoms with Crippen molar-refractivity contribution in [3.63, 3.8) is 0 Å². The number of rotatable bonds is 3. The average Bonchev–Trinajstić information content (AvgIpc) is 2.93. The van der Waals surface area contributed by atoms with E-state index in [1.54, 1.807) is 12.7 Å². The van der Waals surface area contributed by atoms with Gasteiger partial charge >= 0.3 is 0 Å². The minimum Gasteiger partial charge on any atom is -0.497 e. The molecule has 0 spiro atoms. The van der Waals surface area contributed by atoms with Crippen molar-refractivity contribution in [2.75, 3.05) is 12.4 Å². The summed E-state index contributed by atoms with van der Waals surface area (Å²) in [7, 11) is 1.67. The number of carbonyl (C=O) groups is 2. The van der Waals surface area contributed by atoms with E-state index >= 15 is 0 Å². The van der Waals surface area contributed by atoms with E-state index in [2.05, 4.69) is 52.9 Å². The SMILES string of the molecule is COc1ccc(NC(=O)C23CCC(C)C(C)C2C2=CCC4C5(C)CCC(=O)C(C)C5CCC4(C)C2(C)CC3)cc1. The summed E-state index contributed by atoms with van der Waals surface area (Å²) in [5.41, 5.74) is 2.61. The number of allylic oxidation sites excluding steroid dienone is 2. The molecule has 0 radical (unpaired) electrons. The average molecular weight is 546 g/mol. The lowest BCUT2D eigenvalue weighted by atomic mass is 9.34. The molecule has 1 amide bonds. The highest BCUT2D eigenvalue weighted by Gasteiger charge is 2.68. The molecule has 0 saturated heterocycles. The molecule has 0 aromatic heterocycles. The Balaban J connectivity index is 1.38. The molecule has 0 heterocycles. The quantitative estimate of drug-likeness (QED) is 0.388. The Hall–Kier alpha value is -2.10. The second-order valence-electron chi connectivity index (χ2n) is 15.3. The van der Waals surface area contributed by atoms with Gasteiger partial charge in [-0.2, -0.15) is 0 Å². The van der Waals surface area contributed by atoms with Crippen LogP contribution in [-0.4, -0.2) is 18.8 Å². The zero-order valence-corrected chi connectivity index (χ0v) is 25.9. The first-order chi connectivity index (χ1) is 18.9. The van der Waals surface area contributed by atoms with Crippen LogP contribution >= 0.6 is 0 Å². The minimum absolute atomic E-state index is 0.0917. The molecular formula is C36H51NO3. The number of benzene rings is 1. The summed E-state index contributed by atoms with van der Waals surface area (Å²) in [6.07, 6.45) is 12.0. The van der Waals surface area contributed by atoms with E-state index in [-0.39, 0.29) is 39.4 Å². The number of ketones is 1. The molecule has 218 valence electrons. The van der Waals surface area contributed by atoms with Gasteiger partial charge in [0.2, 0.25) is 5.91 Å². The number of nitrogens with one attached hydrogen (secondary N) is 1. The molecule has 1 aromatic rings. The Labute approximate surface area is 242 Å². The smallest absolute Gasteiger partial charge is 0.231 e. The lowest BCUT2D eigenvalue weighted by Crippen LogP contribution is -2.64. The molecule has 4 heteroatoms. The summed E-state index contributed by atoms with van der Waals surface area (Å²) in [5.74, 6) is 4.17. The Bertz CT molecular complexity index is 1220. The number of ether oxygens (including phenoxy) is 1. The summed E-state index contributed by atoms with van der Waals surface area (Å²) in [4.78, 5) is 27.1. The molecule has 10 unspecified atom stereocenters. The molecule has 4 saturated carbocycles. The first-order valence-corrected chi connectivity index (χ1v) is 16.1. The van der Waals surface area contributed by atoms with Crippen LogP contribution in [0.5, 0.6) is 5.75 Å². The summed E-state index contributed by atoms with van der Waals surface area (Å²) in [5, 5.41) is 3.36. The number of anilines is 1. The topological polar surface area (TPSA) is 55.4 Å². The molecule has 5 aliphatic carbocycles. The second kappa shape index (κ2) is 9.46. The maximum absolute atomic E-state index is 14.4. The molecule has 6 rings (SSSR count). The first kappa shape index (κ1) is 28.0. The second-order valence-corrected chi connectivity index (χ2v) is 15.3. The zero-order chi connectivity index (χ0) is 28.7. The highest BCUT2D eigenvalue weighted by molar-refractivity contribution is 5.96. The van der Waals surface area contributed by atoms with E-state index < -0.39 is 0 Å². The van der Waals surface area contributed by atoms with E-state index in [0.29, 0.717) is 29.5 Å². The number of Topliss-reactive ketones (excluding diaryl/α,β-unsaturated/α-hetero) is 1. The molecule has 4 nitrogen and oxygen atoms in total. The molecule has 10 atom stereocenters. The maximum atomic E-state index is 14.4. The number of methoxy groups -OCH3 is 1. The summed E-state index contributed by atoms with van der Waals surface area (Å²) in [6, 6.07) is 7.78. The van der Waals surface area contributed by atoms with Crippen molar-refractivity contribution in [2.45, 2.75) is 99.3 Å². The van der Waals surface area contributed by atoms with Gasteiger partial charge < -0.3 is 10.1 Å². The largest absolute Gasteiger partial charge is 0.497 e. The van der Waals surface area contributed by atoms with Crippen LogP contribution in [0.25, 0.3) is 0 Å². The highest BCUT2D eigenvalue weighted by atomic mass is 16.5. The molecule has 0 aliphatic heterocycles. The summed E-state index contributed by atoms with van der Waals surface area (Å²) in [6.45, 7) is 14.8. The third-order valence-electron chi connectivity index (χ3n) is 14.2. The Morgan fingerprint density at radius 1 is 0.950 bits per heavy atom. The number of carbonyl (C=O) groups excluding carboxylic acids is 2. The van der Waals surface area contributed by atoms with Crippen LogP contribution in [-0.2, 0) is 9.59 Å². The molecule has 1 N–H and O–H groups in total. The monoisotopic (exact) mass is 545 g/mol. The van der Waals surface area contributed by atoms with Crippen LogP contribution in [0.3, 0.4) is 0 Å². The first-order valence-electron chi connectivity index (χ1n) is 16.1. The lowest BCUT2D eigenvalue weighted by molar-refractivity contribution is -0.174. The molecule has 40 heavy (non-hydrogen) atoms. The van der Waals surface area contributed by atoms with Gasteiger partial charge in [-0.25, -0.2) is 0 Å². The van der Waals surface area contributed by atoms with E-state index in [0.717, 1.165) is 56.4 Å². The van der Waals surface area contributed by atoms with Gasteiger partial charge in [-0.15, -0.1) is 0 Å². The lowest BCUT2D eigenvalue weighted by Gasteiger charge is -2.70. The predicted molar refractivity (Wildman–Crippen MR) is 161 cm³/mol. The van der Waals surface area contributed by atoms with Crippen molar-refractivity contribution < 1.29 is 14.3 Å². The van der Waals surface area contributed by atoms with Gasteiger partial charge in [0, 0.05) is 18.0 Å². The Morgan fingerprint density at radius 2 is 1.68 bits per heavy atom. The Morgan fingerprint density at radius 3 is 2.38 bits per heavy atom. The minimum atomic E-state index is -0.354. The van der Waals surface area contributed by atoms with E-state index in [1.165, 1.54) is 12.8 Å². The van der Waals surface area contributed by atoms with Crippen LogP contribution in [0.1, 0.15) is 99.3 Å². The van der Waals surface area contributed by atoms with Gasteiger partial charge in [-0.05, 0) is 121 Å². The van der Waals surface area contributed by atoms with Gasteiger partial charge in [0.15, 0.2) is 0 Å². The van der Waals surface area contributed by atoms with Crippen molar-refractivity contribution in [1.29, 1.82) is 0 Å². The zero-order valence-electron chi connectivity index (χ0n) is 25.9. The fourth-order valence-corrected chi connectivity index (χ4v) is 11.2. The van der Waals surface area contributed by atoms with Crippen LogP contribution in [0.15, 0.2) is 35.9 Å². The highest BCUT2D eigenvalue weighted by Crippen LogP contribution is 2.74. The van der Waals surface area contributed by atoms with Crippen LogP contribution < -0.4 is 10.1 Å². The molecule has 1 aromatic carbocycles. The fraction of sp³-hybridized carbons (Fsp3) is 0.722. The third-order valence-corrected chi connectivity index (χ3v) is 14.2. The van der Waals surface area contributed by atoms with Crippen LogP contribution in [0.4, 0.5) is 5.69 Å². The normalized spacial score (nSPS) is 46.2. The van der Waals surface area contributed by atoms with Crippen molar-refractivity contribution in [3.8, 4) is 5.75 Å². The summed E-state index contributed by atoms with van der Waals surface area (Å²) >= 11 is 0. The van der Waals surface area contributed by atoms with Crippen molar-refractivity contribution in [2.24, 2.45) is 57.2 Å². The molecule has 5 aliphatic rings. The predicted octanol–water partition coefficient (Wildman–Crippen LogP) is 8.47. The Kier molecular flexibility index (Phi) is 6.63. The van der Waals surface area contributed by atoms with Gasteiger partial charge in [-0.3, -0.25) is 9.59 Å². The maximum Gasteiger partial charge on any atom is 0.231 e. The van der Waals surface area contributed by atoms with Gasteiger partial charge in [0.25, 0.3) is 0 Å². The van der Waals surface area contributed by atoms with Crippen molar-refractivity contribution >= 4 is 17.4 Å². The van der Waals surface area contributed by atoms with Gasteiger partial charge in [-0.1, -0.05) is 53.2 Å². The third kappa shape index (κ3) is 3.69. The standard InChI is InChI=1S/C36H51NO3/c1-22-14-19-36(32(39)37-25-8-10-26(40-7)11-9-25)21-20-34(5)28(31(36)23(22)2)12-13-30-33(4)17-16-29(38)24(3)27(33)15-18-35(30,34)6/h8-12,22-24,27,30-31H,13-21H2,1-7H3,(H,37,39). The molecule has 4 fully saturated rings. The molecule has 0 bridgehead atoms. The van der Waals surface area contributed by atoms with Crippen molar-refractivity contribution in [3.05, 3.63) is 35.9 Å². The van der Waals surface area contributed by atoms with Crippen LogP contribution in [0.2, 0.25) is 0 Å². The van der Waals surface area contributed by atoms with Crippen LogP contribution in [0, 0.1) is 57.2 Å². The number of hydrogen-bond acceptors (Lipinski definition) is 3. The number of fused-ring (bicyclic) bond motifs is 7. The number of hydrogen-bond donors (Lipinski definition) is 1. The fourth-order valence-electron chi connectivity index (χ4n) is 11.2. The number of amides is 1. The molecular weight excluding hydrogens is 494 g/mol. The van der Waals surface area contributed by atoms with Gasteiger partial charge in [0.1, 0.15) is 11.5 Å². The van der Waals surface area contributed by atoms with Crippen molar-refractivity contribution in [1.82, 2.24) is 0 Å². The van der Waals surface area contributed by atoms with E-state index in [9.17, 15) is 9.59 Å². The summed E-state index contributed by atoms with van der Waals surface area (Å²) < 4.78 is 5.34. The van der Waals surface area contributed by atoms with E-state index in [4.69, 9.17) is 4.74 Å². The van der Waals surface area contributed by atoms with E-state index in [1.807, 2.05) is 24.3 Å². The van der Waals surface area contributed by atoms with Gasteiger partial charge in [0.05, 0.1) is 12.5 Å².